The molecule has 0 N–H and O–H groups in total. The fourth-order valence-corrected chi connectivity index (χ4v) is 2.61. The van der Waals surface area contributed by atoms with Crippen LogP contribution in [0.25, 0.3) is 0 Å². The number of hydrogen-bond acceptors (Lipinski definition) is 2. The fraction of sp³-hybridized carbons (Fsp3) is 0.125. The maximum atomic E-state index is 12.2. The molecule has 0 aromatic heterocycles. The van der Waals surface area contributed by atoms with E-state index in [2.05, 4.69) is 0 Å². The molecule has 2 aromatic rings. The Morgan fingerprint density at radius 3 is 2.60 bits per heavy atom. The number of hydrogen-bond donors (Lipinski definition) is 0. The third kappa shape index (κ3) is 3.45. The highest BCUT2D eigenvalue weighted by atomic mass is 35.5. The van der Waals surface area contributed by atoms with Gasteiger partial charge in [-0.15, -0.1) is 0 Å². The average Bonchev–Trinajstić information content (AvgIpc) is 2.48. The maximum absolute atomic E-state index is 12.2. The monoisotopic (exact) mass is 322 g/mol. The molecule has 2 rings (SSSR count). The second kappa shape index (κ2) is 6.98. The summed E-state index contributed by atoms with van der Waals surface area (Å²) in [6, 6.07) is 12.9. The smallest absolute Gasteiger partial charge is 0.164 e. The molecule has 0 spiro atoms. The Hall–Kier alpha value is -1.22. The SMILES string of the molecule is O=C(CCc1ccccc1C=S)c1cccc(Cl)c1Cl. The highest BCUT2D eigenvalue weighted by Gasteiger charge is 2.13. The van der Waals surface area contributed by atoms with Crippen molar-refractivity contribution in [2.24, 2.45) is 0 Å². The van der Waals surface area contributed by atoms with Crippen LogP contribution >= 0.6 is 35.4 Å². The zero-order valence-electron chi connectivity index (χ0n) is 10.6. The molecule has 0 radical (unpaired) electrons. The van der Waals surface area contributed by atoms with E-state index in [0.717, 1.165) is 11.1 Å². The van der Waals surface area contributed by atoms with Crippen LogP contribution in [0.2, 0.25) is 10.0 Å². The molecule has 0 saturated carbocycles. The number of halogens is 2. The molecular formula is C16H12Cl2OS. The summed E-state index contributed by atoms with van der Waals surface area (Å²) in [7, 11) is 0. The molecule has 20 heavy (non-hydrogen) atoms. The molecule has 1 nitrogen and oxygen atoms in total. The summed E-state index contributed by atoms with van der Waals surface area (Å²) in [5.41, 5.74) is 2.51. The minimum absolute atomic E-state index is 0.0170. The standard InChI is InChI=1S/C16H12Cl2OS/c17-14-7-3-6-13(16(14)18)15(19)9-8-11-4-1-2-5-12(11)10-20/h1-7,10H,8-9H2. The van der Waals surface area contributed by atoms with Crippen LogP contribution < -0.4 is 0 Å². The first-order valence-electron chi connectivity index (χ1n) is 6.13. The number of benzene rings is 2. The van der Waals surface area contributed by atoms with E-state index in [1.54, 1.807) is 23.6 Å². The van der Waals surface area contributed by atoms with Crippen molar-refractivity contribution in [1.82, 2.24) is 0 Å². The Bertz CT molecular complexity index is 653. The van der Waals surface area contributed by atoms with Crippen LogP contribution in [0, 0.1) is 0 Å². The summed E-state index contributed by atoms with van der Waals surface area (Å²) in [6.45, 7) is 0. The normalized spacial score (nSPS) is 10.3. The first-order chi connectivity index (χ1) is 9.63. The Labute approximate surface area is 133 Å². The van der Waals surface area contributed by atoms with Crippen LogP contribution in [0.5, 0.6) is 0 Å². The zero-order chi connectivity index (χ0) is 14.5. The summed E-state index contributed by atoms with van der Waals surface area (Å²) in [6.07, 6.45) is 1.01. The lowest BCUT2D eigenvalue weighted by Crippen LogP contribution is -2.03. The number of thiocarbonyl (C=S) groups is 1. The first-order valence-corrected chi connectivity index (χ1v) is 7.36. The second-order valence-corrected chi connectivity index (χ2v) is 5.36. The van der Waals surface area contributed by atoms with Crippen molar-refractivity contribution in [3.63, 3.8) is 0 Å². The molecule has 4 heteroatoms. The third-order valence-corrected chi connectivity index (χ3v) is 4.13. The fourth-order valence-electron chi connectivity index (χ4n) is 1.98. The maximum Gasteiger partial charge on any atom is 0.164 e. The highest BCUT2D eigenvalue weighted by molar-refractivity contribution is 7.79. The van der Waals surface area contributed by atoms with Crippen LogP contribution in [-0.2, 0) is 6.42 Å². The topological polar surface area (TPSA) is 17.1 Å². The van der Waals surface area contributed by atoms with Crippen LogP contribution in [0.4, 0.5) is 0 Å². The Morgan fingerprint density at radius 1 is 1.10 bits per heavy atom. The van der Waals surface area contributed by atoms with Crippen molar-refractivity contribution in [3.05, 3.63) is 69.2 Å². The minimum Gasteiger partial charge on any atom is -0.294 e. The van der Waals surface area contributed by atoms with Crippen molar-refractivity contribution in [1.29, 1.82) is 0 Å². The zero-order valence-corrected chi connectivity index (χ0v) is 12.9. The molecule has 2 aromatic carbocycles. The van der Waals surface area contributed by atoms with Gasteiger partial charge in [0, 0.05) is 17.4 Å². The lowest BCUT2D eigenvalue weighted by atomic mass is 10.00. The lowest BCUT2D eigenvalue weighted by molar-refractivity contribution is 0.0983. The lowest BCUT2D eigenvalue weighted by Gasteiger charge is -2.07. The van der Waals surface area contributed by atoms with E-state index in [9.17, 15) is 4.79 Å². The highest BCUT2D eigenvalue weighted by Crippen LogP contribution is 2.26. The van der Waals surface area contributed by atoms with Gasteiger partial charge < -0.3 is 0 Å². The quantitative estimate of drug-likeness (QED) is 0.559. The van der Waals surface area contributed by atoms with E-state index in [0.29, 0.717) is 28.5 Å². The number of aryl methyl sites for hydroxylation is 1. The van der Waals surface area contributed by atoms with E-state index in [4.69, 9.17) is 35.4 Å². The van der Waals surface area contributed by atoms with Crippen molar-refractivity contribution in [3.8, 4) is 0 Å². The van der Waals surface area contributed by atoms with Crippen molar-refractivity contribution >= 4 is 46.6 Å². The molecule has 0 saturated heterocycles. The molecule has 102 valence electrons. The number of carbonyl (C=O) groups is 1. The first kappa shape index (κ1) is 15.2. The molecule has 0 aliphatic heterocycles. The molecule has 0 aliphatic carbocycles. The van der Waals surface area contributed by atoms with Crippen molar-refractivity contribution in [2.45, 2.75) is 12.8 Å². The van der Waals surface area contributed by atoms with Crippen LogP contribution in [0.1, 0.15) is 27.9 Å². The molecule has 0 atom stereocenters. The van der Waals surface area contributed by atoms with Crippen LogP contribution in [-0.4, -0.2) is 11.2 Å². The van der Waals surface area contributed by atoms with Gasteiger partial charge in [0.15, 0.2) is 5.78 Å². The van der Waals surface area contributed by atoms with Gasteiger partial charge in [-0.25, -0.2) is 0 Å². The Kier molecular flexibility index (Phi) is 5.30. The van der Waals surface area contributed by atoms with Crippen molar-refractivity contribution in [2.75, 3.05) is 0 Å². The molecule has 0 heterocycles. The molecule has 0 aliphatic rings. The number of Topliss-reactive ketones (excluding diaryl/α,β-unsaturated/α-hetero) is 1. The summed E-state index contributed by atoms with van der Waals surface area (Å²) >= 11 is 16.9. The van der Waals surface area contributed by atoms with Crippen LogP contribution in [0.15, 0.2) is 42.5 Å². The van der Waals surface area contributed by atoms with E-state index >= 15 is 0 Å². The number of ketones is 1. The average molecular weight is 323 g/mol. The van der Waals surface area contributed by atoms with E-state index in [1.807, 2.05) is 24.3 Å². The van der Waals surface area contributed by atoms with E-state index in [1.165, 1.54) is 0 Å². The Balaban J connectivity index is 2.13. The summed E-state index contributed by atoms with van der Waals surface area (Å²) in [5, 5.41) is 2.35. The van der Waals surface area contributed by atoms with Gasteiger partial charge in [-0.05, 0) is 29.7 Å². The molecule has 0 fully saturated rings. The van der Waals surface area contributed by atoms with Gasteiger partial charge in [-0.1, -0.05) is 65.8 Å². The second-order valence-electron chi connectivity index (χ2n) is 4.34. The summed E-state index contributed by atoms with van der Waals surface area (Å²) in [4.78, 5) is 12.2. The predicted molar refractivity (Wildman–Crippen MR) is 88.3 cm³/mol. The third-order valence-electron chi connectivity index (χ3n) is 3.06. The Morgan fingerprint density at radius 2 is 1.85 bits per heavy atom. The van der Waals surface area contributed by atoms with Crippen LogP contribution in [0.3, 0.4) is 0 Å². The molecular weight excluding hydrogens is 311 g/mol. The van der Waals surface area contributed by atoms with Gasteiger partial charge in [-0.2, -0.15) is 0 Å². The van der Waals surface area contributed by atoms with Gasteiger partial charge in [0.1, 0.15) is 0 Å². The predicted octanol–water partition coefficient (Wildman–Crippen LogP) is 5.16. The van der Waals surface area contributed by atoms with E-state index in [-0.39, 0.29) is 5.78 Å². The number of rotatable bonds is 5. The molecule has 0 unspecified atom stereocenters. The molecule has 0 amide bonds. The minimum atomic E-state index is -0.0170. The van der Waals surface area contributed by atoms with Gasteiger partial charge in [-0.3, -0.25) is 4.79 Å². The van der Waals surface area contributed by atoms with Gasteiger partial charge >= 0.3 is 0 Å². The van der Waals surface area contributed by atoms with E-state index < -0.39 is 0 Å². The van der Waals surface area contributed by atoms with Gasteiger partial charge in [0.25, 0.3) is 0 Å². The molecule has 0 bridgehead atoms. The summed E-state index contributed by atoms with van der Waals surface area (Å²) in [5.74, 6) is -0.0170. The number of carbonyl (C=O) groups excluding carboxylic acids is 1. The summed E-state index contributed by atoms with van der Waals surface area (Å²) < 4.78 is 0. The van der Waals surface area contributed by atoms with Gasteiger partial charge in [0.2, 0.25) is 0 Å². The largest absolute Gasteiger partial charge is 0.294 e. The van der Waals surface area contributed by atoms with Crippen molar-refractivity contribution < 1.29 is 4.79 Å². The van der Waals surface area contributed by atoms with Gasteiger partial charge in [0.05, 0.1) is 10.0 Å².